The second-order valence-electron chi connectivity index (χ2n) is 2.79. The molecule has 1 heterocycles. The normalized spacial score (nSPS) is 34.8. The molecule has 0 aromatic heterocycles. The molecule has 0 aliphatic carbocycles. The predicted octanol–water partition coefficient (Wildman–Crippen LogP) is -0.683. The van der Waals surface area contributed by atoms with E-state index in [4.69, 9.17) is 9.52 Å². The SMILES string of the molecule is CCS(=N)(=O)NC1COCC1O. The third-order valence-corrected chi connectivity index (χ3v) is 3.30. The lowest BCUT2D eigenvalue weighted by Crippen LogP contribution is -2.42. The van der Waals surface area contributed by atoms with Gasteiger partial charge in [0.2, 0.25) is 0 Å². The van der Waals surface area contributed by atoms with Gasteiger partial charge in [-0.1, -0.05) is 6.92 Å². The zero-order valence-electron chi connectivity index (χ0n) is 6.95. The Balaban J connectivity index is 2.51. The van der Waals surface area contributed by atoms with Gasteiger partial charge < -0.3 is 9.84 Å². The van der Waals surface area contributed by atoms with E-state index in [1.165, 1.54) is 0 Å². The second kappa shape index (κ2) is 3.69. The van der Waals surface area contributed by atoms with Crippen molar-refractivity contribution in [2.24, 2.45) is 0 Å². The number of hydrogen-bond acceptors (Lipinski definition) is 4. The van der Waals surface area contributed by atoms with Gasteiger partial charge in [0.15, 0.2) is 0 Å². The molecule has 6 heteroatoms. The molecule has 0 spiro atoms. The summed E-state index contributed by atoms with van der Waals surface area (Å²) in [4.78, 5) is 0. The summed E-state index contributed by atoms with van der Waals surface area (Å²) in [6, 6.07) is -0.352. The van der Waals surface area contributed by atoms with Crippen LogP contribution in [0.15, 0.2) is 0 Å². The largest absolute Gasteiger partial charge is 0.389 e. The zero-order chi connectivity index (χ0) is 9.19. The van der Waals surface area contributed by atoms with E-state index in [-0.39, 0.29) is 18.4 Å². The predicted molar refractivity (Wildman–Crippen MR) is 45.2 cm³/mol. The molecule has 0 bridgehead atoms. The molecule has 1 aliphatic heterocycles. The number of hydrogen-bond donors (Lipinski definition) is 3. The van der Waals surface area contributed by atoms with Crippen LogP contribution in [0.25, 0.3) is 0 Å². The van der Waals surface area contributed by atoms with Crippen LogP contribution in [-0.2, 0) is 14.7 Å². The van der Waals surface area contributed by atoms with Crippen LogP contribution < -0.4 is 4.72 Å². The van der Waals surface area contributed by atoms with Crippen LogP contribution in [0.5, 0.6) is 0 Å². The van der Waals surface area contributed by atoms with Crippen LogP contribution >= 0.6 is 0 Å². The van der Waals surface area contributed by atoms with Gasteiger partial charge in [0.1, 0.15) is 9.92 Å². The van der Waals surface area contributed by atoms with Crippen molar-refractivity contribution in [3.63, 3.8) is 0 Å². The molecule has 1 rings (SSSR count). The zero-order valence-corrected chi connectivity index (χ0v) is 7.76. The van der Waals surface area contributed by atoms with E-state index >= 15 is 0 Å². The average Bonchev–Trinajstić information content (AvgIpc) is 2.36. The van der Waals surface area contributed by atoms with Crippen LogP contribution in [-0.4, -0.2) is 40.4 Å². The lowest BCUT2D eigenvalue weighted by Gasteiger charge is -2.15. The van der Waals surface area contributed by atoms with Crippen LogP contribution in [0.4, 0.5) is 0 Å². The number of ether oxygens (including phenoxy) is 1. The maximum Gasteiger partial charge on any atom is 0.105 e. The summed E-state index contributed by atoms with van der Waals surface area (Å²) in [6.45, 7) is 2.26. The molecule has 3 unspecified atom stereocenters. The first-order chi connectivity index (χ1) is 5.55. The van der Waals surface area contributed by atoms with Crippen molar-refractivity contribution in [2.75, 3.05) is 19.0 Å². The monoisotopic (exact) mass is 194 g/mol. The molecule has 1 aliphatic rings. The molecule has 1 fully saturated rings. The third kappa shape index (κ3) is 2.41. The standard InChI is InChI=1S/C6H14N2O3S/c1-2-12(7,10)8-5-3-11-4-6(5)9/h5-6,9H,2-4H2,1H3,(H2,7,8,10). The van der Waals surface area contributed by atoms with E-state index in [0.29, 0.717) is 6.61 Å². The van der Waals surface area contributed by atoms with Crippen molar-refractivity contribution in [3.05, 3.63) is 0 Å². The minimum atomic E-state index is -2.73. The maximum absolute atomic E-state index is 11.2. The first-order valence-electron chi connectivity index (χ1n) is 3.84. The van der Waals surface area contributed by atoms with Crippen LogP contribution in [0.1, 0.15) is 6.92 Å². The van der Waals surface area contributed by atoms with E-state index in [1.807, 2.05) is 0 Å². The number of rotatable bonds is 3. The van der Waals surface area contributed by atoms with Crippen LogP contribution in [0, 0.1) is 4.78 Å². The van der Waals surface area contributed by atoms with Crippen molar-refractivity contribution in [2.45, 2.75) is 19.1 Å². The number of aliphatic hydroxyl groups is 1. The third-order valence-electron chi connectivity index (χ3n) is 1.80. The molecular weight excluding hydrogens is 180 g/mol. The van der Waals surface area contributed by atoms with E-state index in [2.05, 4.69) is 4.72 Å². The fourth-order valence-electron chi connectivity index (χ4n) is 0.983. The Labute approximate surface area is 72.2 Å². The molecule has 0 aromatic rings. The molecule has 0 amide bonds. The van der Waals surface area contributed by atoms with Crippen molar-refractivity contribution in [1.82, 2.24) is 4.72 Å². The lowest BCUT2D eigenvalue weighted by atomic mass is 10.2. The lowest BCUT2D eigenvalue weighted by molar-refractivity contribution is 0.124. The summed E-state index contributed by atoms with van der Waals surface area (Å²) >= 11 is 0. The Morgan fingerprint density at radius 3 is 2.83 bits per heavy atom. The topological polar surface area (TPSA) is 82.4 Å². The first-order valence-corrected chi connectivity index (χ1v) is 5.57. The summed E-state index contributed by atoms with van der Waals surface area (Å²) in [7, 11) is -2.73. The van der Waals surface area contributed by atoms with Crippen LogP contribution in [0.3, 0.4) is 0 Å². The van der Waals surface area contributed by atoms with Gasteiger partial charge >= 0.3 is 0 Å². The summed E-state index contributed by atoms with van der Waals surface area (Å²) in [5.74, 6) is 0.246. The highest BCUT2D eigenvalue weighted by Gasteiger charge is 2.27. The molecule has 72 valence electrons. The maximum atomic E-state index is 11.2. The summed E-state index contributed by atoms with van der Waals surface area (Å²) < 4.78 is 26.0. The van der Waals surface area contributed by atoms with Gasteiger partial charge in [-0.2, -0.15) is 0 Å². The molecular formula is C6H14N2O3S. The van der Waals surface area contributed by atoms with Gasteiger partial charge in [0.05, 0.1) is 25.4 Å². The summed E-state index contributed by atoms with van der Waals surface area (Å²) in [5.41, 5.74) is 0. The van der Waals surface area contributed by atoms with Crippen molar-refractivity contribution < 1.29 is 14.1 Å². The van der Waals surface area contributed by atoms with E-state index in [9.17, 15) is 9.32 Å². The molecule has 12 heavy (non-hydrogen) atoms. The minimum Gasteiger partial charge on any atom is -0.389 e. The quantitative estimate of drug-likeness (QED) is 0.556. The number of nitrogens with one attached hydrogen (secondary N) is 2. The van der Waals surface area contributed by atoms with Gasteiger partial charge in [0, 0.05) is 5.75 Å². The second-order valence-corrected chi connectivity index (χ2v) is 4.96. The van der Waals surface area contributed by atoms with Gasteiger partial charge in [-0.05, 0) is 0 Å². The fraction of sp³-hybridized carbons (Fsp3) is 1.00. The van der Waals surface area contributed by atoms with E-state index in [1.54, 1.807) is 6.92 Å². The van der Waals surface area contributed by atoms with E-state index < -0.39 is 16.0 Å². The Morgan fingerprint density at radius 1 is 1.75 bits per heavy atom. The molecule has 3 atom stereocenters. The molecule has 3 N–H and O–H groups in total. The highest BCUT2D eigenvalue weighted by molar-refractivity contribution is 7.90. The Bertz CT molecular complexity index is 239. The van der Waals surface area contributed by atoms with Crippen LogP contribution in [0.2, 0.25) is 0 Å². The molecule has 5 nitrogen and oxygen atoms in total. The van der Waals surface area contributed by atoms with Crippen molar-refractivity contribution >= 4 is 9.92 Å². The Hall–Kier alpha value is -0.170. The summed E-state index contributed by atoms with van der Waals surface area (Å²) in [6.07, 6.45) is -0.636. The van der Waals surface area contributed by atoms with Crippen molar-refractivity contribution in [1.29, 1.82) is 4.78 Å². The first kappa shape index (κ1) is 9.91. The molecule has 0 radical (unpaired) electrons. The van der Waals surface area contributed by atoms with Gasteiger partial charge in [-0.15, -0.1) is 0 Å². The van der Waals surface area contributed by atoms with E-state index in [0.717, 1.165) is 0 Å². The fourth-order valence-corrected chi connectivity index (χ4v) is 1.86. The minimum absolute atomic E-state index is 0.246. The van der Waals surface area contributed by atoms with Gasteiger partial charge in [0.25, 0.3) is 0 Å². The average molecular weight is 194 g/mol. The highest BCUT2D eigenvalue weighted by Crippen LogP contribution is 2.06. The molecule has 1 saturated heterocycles. The molecule has 0 aromatic carbocycles. The van der Waals surface area contributed by atoms with Gasteiger partial charge in [-0.3, -0.25) is 0 Å². The van der Waals surface area contributed by atoms with Gasteiger partial charge in [-0.25, -0.2) is 13.7 Å². The smallest absolute Gasteiger partial charge is 0.105 e. The Morgan fingerprint density at radius 2 is 2.42 bits per heavy atom. The number of aliphatic hydroxyl groups excluding tert-OH is 1. The van der Waals surface area contributed by atoms with Crippen molar-refractivity contribution in [3.8, 4) is 0 Å². The highest BCUT2D eigenvalue weighted by atomic mass is 32.2. The summed E-state index contributed by atoms with van der Waals surface area (Å²) in [5, 5.41) is 9.25. The Kier molecular flexibility index (Phi) is 3.05. The molecule has 0 saturated carbocycles.